The van der Waals surface area contributed by atoms with E-state index in [0.717, 1.165) is 5.82 Å². The zero-order chi connectivity index (χ0) is 13.8. The van der Waals surface area contributed by atoms with E-state index in [4.69, 9.17) is 0 Å². The summed E-state index contributed by atoms with van der Waals surface area (Å²) < 4.78 is 1.83. The van der Waals surface area contributed by atoms with Gasteiger partial charge < -0.3 is 9.67 Å². The predicted molar refractivity (Wildman–Crippen MR) is 69.4 cm³/mol. The number of aryl methyl sites for hydroxylation is 1. The van der Waals surface area contributed by atoms with Crippen LogP contribution in [0.5, 0.6) is 0 Å². The highest BCUT2D eigenvalue weighted by Gasteiger charge is 2.19. The lowest BCUT2D eigenvalue weighted by atomic mass is 10.1. The monoisotopic (exact) mass is 260 g/mol. The molecular weight excluding hydrogens is 244 g/mol. The molecule has 0 saturated carbocycles. The van der Waals surface area contributed by atoms with E-state index in [-0.39, 0.29) is 0 Å². The van der Waals surface area contributed by atoms with E-state index < -0.39 is 12.0 Å². The molecule has 1 heterocycles. The quantitative estimate of drug-likeness (QED) is 0.839. The Morgan fingerprint density at radius 3 is 2.58 bits per heavy atom. The number of nitrogens with zero attached hydrogens (tertiary/aromatic N) is 3. The fourth-order valence-electron chi connectivity index (χ4n) is 1.79. The van der Waals surface area contributed by atoms with Crippen LogP contribution in [0.1, 0.15) is 23.3 Å². The first kappa shape index (κ1) is 13.2. The van der Waals surface area contributed by atoms with E-state index in [1.807, 2.05) is 36.7 Å². The fraction of sp³-hybridized carbons (Fsp3) is 0.308. The van der Waals surface area contributed by atoms with Crippen LogP contribution in [0.4, 0.5) is 0 Å². The smallest absolute Gasteiger partial charge is 0.325 e. The topological polar surface area (TPSA) is 80.0 Å². The molecule has 0 aliphatic carbocycles. The van der Waals surface area contributed by atoms with Gasteiger partial charge in [-0.15, -0.1) is 10.2 Å². The third-order valence-electron chi connectivity index (χ3n) is 3.03. The lowest BCUT2D eigenvalue weighted by molar-refractivity contribution is -0.139. The van der Waals surface area contributed by atoms with Gasteiger partial charge in [0.25, 0.3) is 0 Å². The summed E-state index contributed by atoms with van der Waals surface area (Å²) in [4.78, 5) is 11.3. The number of carboxylic acids is 1. The lowest BCUT2D eigenvalue weighted by Gasteiger charge is -2.14. The van der Waals surface area contributed by atoms with Crippen molar-refractivity contribution >= 4 is 5.97 Å². The summed E-state index contributed by atoms with van der Waals surface area (Å²) in [7, 11) is 1.85. The Morgan fingerprint density at radius 2 is 2.05 bits per heavy atom. The second-order valence-corrected chi connectivity index (χ2v) is 4.29. The molecule has 100 valence electrons. The summed E-state index contributed by atoms with van der Waals surface area (Å²) in [6.45, 7) is 2.20. The third-order valence-corrected chi connectivity index (χ3v) is 3.03. The van der Waals surface area contributed by atoms with Gasteiger partial charge in [-0.05, 0) is 12.5 Å². The fourth-order valence-corrected chi connectivity index (χ4v) is 1.79. The number of carboxylic acid groups (broad SMARTS) is 1. The molecule has 1 atom stereocenters. The molecule has 1 aromatic carbocycles. The minimum Gasteiger partial charge on any atom is -0.480 e. The van der Waals surface area contributed by atoms with Crippen molar-refractivity contribution in [3.63, 3.8) is 0 Å². The molecule has 0 aliphatic heterocycles. The summed E-state index contributed by atoms with van der Waals surface area (Å²) >= 11 is 0. The largest absolute Gasteiger partial charge is 0.480 e. The standard InChI is InChI=1S/C13H16N4O2/c1-9-15-16-11(17(9)2)8-14-12(13(18)19)10-6-4-3-5-7-10/h3-7,12,14H,8H2,1-2H3,(H,18,19). The maximum absolute atomic E-state index is 11.3. The average Bonchev–Trinajstić information content (AvgIpc) is 2.72. The van der Waals surface area contributed by atoms with Crippen LogP contribution in [0.3, 0.4) is 0 Å². The first-order valence-corrected chi connectivity index (χ1v) is 5.95. The van der Waals surface area contributed by atoms with E-state index in [1.165, 1.54) is 0 Å². The maximum atomic E-state index is 11.3. The number of benzene rings is 1. The summed E-state index contributed by atoms with van der Waals surface area (Å²) in [6, 6.07) is 8.31. The van der Waals surface area contributed by atoms with Gasteiger partial charge in [0, 0.05) is 7.05 Å². The highest BCUT2D eigenvalue weighted by atomic mass is 16.4. The van der Waals surface area contributed by atoms with Crippen LogP contribution in [-0.4, -0.2) is 25.8 Å². The van der Waals surface area contributed by atoms with Crippen molar-refractivity contribution in [3.05, 3.63) is 47.5 Å². The van der Waals surface area contributed by atoms with Crippen LogP contribution in [0.15, 0.2) is 30.3 Å². The molecule has 0 bridgehead atoms. The van der Waals surface area contributed by atoms with Crippen molar-refractivity contribution in [2.24, 2.45) is 7.05 Å². The lowest BCUT2D eigenvalue weighted by Crippen LogP contribution is -2.29. The molecule has 1 unspecified atom stereocenters. The van der Waals surface area contributed by atoms with Gasteiger partial charge in [0.05, 0.1) is 6.54 Å². The van der Waals surface area contributed by atoms with Crippen LogP contribution in [-0.2, 0) is 18.4 Å². The summed E-state index contributed by atoms with van der Waals surface area (Å²) in [5.41, 5.74) is 0.717. The van der Waals surface area contributed by atoms with E-state index in [1.54, 1.807) is 12.1 Å². The van der Waals surface area contributed by atoms with Gasteiger partial charge in [-0.1, -0.05) is 30.3 Å². The number of nitrogens with one attached hydrogen (secondary N) is 1. The Hall–Kier alpha value is -2.21. The maximum Gasteiger partial charge on any atom is 0.325 e. The minimum atomic E-state index is -0.912. The Labute approximate surface area is 111 Å². The van der Waals surface area contributed by atoms with Crippen LogP contribution in [0.2, 0.25) is 0 Å². The highest BCUT2D eigenvalue weighted by Crippen LogP contribution is 2.13. The van der Waals surface area contributed by atoms with Crippen molar-refractivity contribution in [3.8, 4) is 0 Å². The molecular formula is C13H16N4O2. The molecule has 19 heavy (non-hydrogen) atoms. The number of aromatic nitrogens is 3. The molecule has 1 aromatic heterocycles. The van der Waals surface area contributed by atoms with Crippen molar-refractivity contribution in [1.82, 2.24) is 20.1 Å². The first-order chi connectivity index (χ1) is 9.09. The molecule has 6 nitrogen and oxygen atoms in total. The van der Waals surface area contributed by atoms with Crippen molar-refractivity contribution in [2.45, 2.75) is 19.5 Å². The summed E-state index contributed by atoms with van der Waals surface area (Å²) in [6.07, 6.45) is 0. The van der Waals surface area contributed by atoms with E-state index in [0.29, 0.717) is 17.9 Å². The van der Waals surface area contributed by atoms with Gasteiger partial charge in [-0.25, -0.2) is 0 Å². The average molecular weight is 260 g/mol. The zero-order valence-electron chi connectivity index (χ0n) is 10.9. The number of carbonyl (C=O) groups is 1. The number of rotatable bonds is 5. The zero-order valence-corrected chi connectivity index (χ0v) is 10.9. The molecule has 0 aliphatic rings. The predicted octanol–water partition coefficient (Wildman–Crippen LogP) is 1.04. The Kier molecular flexibility index (Phi) is 3.91. The molecule has 0 spiro atoms. The molecule has 2 N–H and O–H groups in total. The molecule has 2 aromatic rings. The van der Waals surface area contributed by atoms with Gasteiger partial charge in [0.1, 0.15) is 17.7 Å². The molecule has 0 amide bonds. The molecule has 0 saturated heterocycles. The first-order valence-electron chi connectivity index (χ1n) is 5.95. The second kappa shape index (κ2) is 5.62. The molecule has 0 fully saturated rings. The Balaban J connectivity index is 2.11. The van der Waals surface area contributed by atoms with Crippen LogP contribution in [0, 0.1) is 6.92 Å². The van der Waals surface area contributed by atoms with Crippen molar-refractivity contribution < 1.29 is 9.90 Å². The Bertz CT molecular complexity index is 565. The number of hydrogen-bond acceptors (Lipinski definition) is 4. The highest BCUT2D eigenvalue weighted by molar-refractivity contribution is 5.75. The summed E-state index contributed by atoms with van der Waals surface area (Å²) in [5.74, 6) is 0.591. The van der Waals surface area contributed by atoms with Crippen molar-refractivity contribution in [2.75, 3.05) is 0 Å². The van der Waals surface area contributed by atoms with Gasteiger partial charge in [0.2, 0.25) is 0 Å². The number of hydrogen-bond donors (Lipinski definition) is 2. The van der Waals surface area contributed by atoms with Gasteiger partial charge in [0.15, 0.2) is 0 Å². The van der Waals surface area contributed by atoms with Crippen molar-refractivity contribution in [1.29, 1.82) is 0 Å². The van der Waals surface area contributed by atoms with E-state index >= 15 is 0 Å². The summed E-state index contributed by atoms with van der Waals surface area (Å²) in [5, 5.41) is 20.2. The van der Waals surface area contributed by atoms with Crippen LogP contribution < -0.4 is 5.32 Å². The number of aliphatic carboxylic acids is 1. The molecule has 2 rings (SSSR count). The molecule has 6 heteroatoms. The van der Waals surface area contributed by atoms with E-state index in [2.05, 4.69) is 15.5 Å². The minimum absolute atomic E-state index is 0.350. The normalized spacial score (nSPS) is 12.3. The SMILES string of the molecule is Cc1nnc(CNC(C(=O)O)c2ccccc2)n1C. The second-order valence-electron chi connectivity index (χ2n) is 4.29. The van der Waals surface area contributed by atoms with E-state index in [9.17, 15) is 9.90 Å². The van der Waals surface area contributed by atoms with Gasteiger partial charge in [-0.3, -0.25) is 10.1 Å². The Morgan fingerprint density at radius 1 is 1.37 bits per heavy atom. The van der Waals surface area contributed by atoms with Gasteiger partial charge in [-0.2, -0.15) is 0 Å². The van der Waals surface area contributed by atoms with Crippen LogP contribution >= 0.6 is 0 Å². The molecule has 0 radical (unpaired) electrons. The third kappa shape index (κ3) is 2.97. The van der Waals surface area contributed by atoms with Crippen LogP contribution in [0.25, 0.3) is 0 Å². The van der Waals surface area contributed by atoms with Gasteiger partial charge >= 0.3 is 5.97 Å².